The van der Waals surface area contributed by atoms with E-state index in [2.05, 4.69) is 16.5 Å². The van der Waals surface area contributed by atoms with Gasteiger partial charge >= 0.3 is 5.63 Å². The highest BCUT2D eigenvalue weighted by atomic mass is 16.5. The summed E-state index contributed by atoms with van der Waals surface area (Å²) in [5, 5.41) is 18.4. The van der Waals surface area contributed by atoms with Gasteiger partial charge < -0.3 is 14.5 Å². The molecule has 5 rings (SSSR count). The van der Waals surface area contributed by atoms with Gasteiger partial charge in [-0.1, -0.05) is 18.2 Å². The van der Waals surface area contributed by atoms with E-state index in [1.165, 1.54) is 16.9 Å². The molecule has 0 spiro atoms. The number of nitrogens with one attached hydrogen (secondary N) is 1. The highest BCUT2D eigenvalue weighted by Gasteiger charge is 2.18. The Kier molecular flexibility index (Phi) is 5.70. The van der Waals surface area contributed by atoms with E-state index in [1.54, 1.807) is 18.2 Å². The summed E-state index contributed by atoms with van der Waals surface area (Å²) in [5.74, 6) is 0.549. The first kappa shape index (κ1) is 22.8. The Hall–Kier alpha value is -4.97. The number of pyridine rings is 1. The molecule has 0 saturated heterocycles. The van der Waals surface area contributed by atoms with Gasteiger partial charge in [-0.05, 0) is 55.7 Å². The minimum Gasteiger partial charge on any atom is -0.484 e. The van der Waals surface area contributed by atoms with Crippen LogP contribution in [0, 0.1) is 32.1 Å². The molecule has 9 heteroatoms. The number of anilines is 1. The largest absolute Gasteiger partial charge is 0.484 e. The summed E-state index contributed by atoms with van der Waals surface area (Å²) in [5.41, 5.74) is 3.71. The molecular weight excluding hydrogens is 458 g/mol. The van der Waals surface area contributed by atoms with Gasteiger partial charge in [-0.25, -0.2) is 9.78 Å². The van der Waals surface area contributed by atoms with Crippen LogP contribution in [0.25, 0.3) is 27.7 Å². The van der Waals surface area contributed by atoms with Gasteiger partial charge in [0.15, 0.2) is 18.2 Å². The van der Waals surface area contributed by atoms with Crippen molar-refractivity contribution in [3.8, 4) is 17.6 Å². The van der Waals surface area contributed by atoms with Gasteiger partial charge in [-0.2, -0.15) is 15.0 Å². The smallest absolute Gasteiger partial charge is 0.336 e. The molecule has 0 fully saturated rings. The second-order valence-electron chi connectivity index (χ2n) is 8.44. The molecule has 0 radical (unpaired) electrons. The number of aryl methyl sites for hydroxylation is 3. The Morgan fingerprint density at radius 2 is 1.89 bits per heavy atom. The fraction of sp³-hybridized carbons (Fsp3) is 0.148. The summed E-state index contributed by atoms with van der Waals surface area (Å²) >= 11 is 0. The SMILES string of the molecule is Cc1cc(=O)oc2cc(OCC(=O)Nc3c(C#N)cnn3-c3cc(C)c4cccc(C)c4n3)ccc12. The average Bonchev–Trinajstić information content (AvgIpc) is 3.25. The van der Waals surface area contributed by atoms with E-state index in [-0.39, 0.29) is 18.0 Å². The van der Waals surface area contributed by atoms with Crippen molar-refractivity contribution >= 4 is 33.6 Å². The fourth-order valence-corrected chi connectivity index (χ4v) is 4.09. The van der Waals surface area contributed by atoms with Crippen molar-refractivity contribution in [2.45, 2.75) is 20.8 Å². The molecule has 0 aliphatic heterocycles. The Morgan fingerprint density at radius 3 is 2.69 bits per heavy atom. The molecule has 0 aliphatic rings. The predicted octanol–water partition coefficient (Wildman–Crippen LogP) is 4.34. The number of nitrogens with zero attached hydrogens (tertiary/aromatic N) is 4. The van der Waals surface area contributed by atoms with Gasteiger partial charge in [-0.3, -0.25) is 4.79 Å². The molecule has 2 aromatic carbocycles. The van der Waals surface area contributed by atoms with E-state index in [4.69, 9.17) is 14.1 Å². The monoisotopic (exact) mass is 479 g/mol. The number of hydrogen-bond acceptors (Lipinski definition) is 7. The molecule has 5 aromatic rings. The van der Waals surface area contributed by atoms with E-state index in [0.29, 0.717) is 17.2 Å². The number of benzene rings is 2. The van der Waals surface area contributed by atoms with E-state index in [1.807, 2.05) is 45.0 Å². The van der Waals surface area contributed by atoms with Gasteiger partial charge in [0, 0.05) is 22.9 Å². The van der Waals surface area contributed by atoms with Crippen LogP contribution in [0.15, 0.2) is 63.9 Å². The summed E-state index contributed by atoms with van der Waals surface area (Å²) in [4.78, 5) is 29.2. The predicted molar refractivity (Wildman–Crippen MR) is 134 cm³/mol. The van der Waals surface area contributed by atoms with Crippen molar-refractivity contribution in [1.82, 2.24) is 14.8 Å². The maximum atomic E-state index is 12.8. The van der Waals surface area contributed by atoms with Gasteiger partial charge in [0.2, 0.25) is 0 Å². The summed E-state index contributed by atoms with van der Waals surface area (Å²) in [6.45, 7) is 5.43. The van der Waals surface area contributed by atoms with Crippen molar-refractivity contribution in [1.29, 1.82) is 5.26 Å². The topological polar surface area (TPSA) is 123 Å². The van der Waals surface area contributed by atoms with Crippen LogP contribution in [0.5, 0.6) is 5.75 Å². The van der Waals surface area contributed by atoms with Crippen molar-refractivity contribution in [2.24, 2.45) is 0 Å². The number of para-hydroxylation sites is 1. The summed E-state index contributed by atoms with van der Waals surface area (Å²) < 4.78 is 12.3. The van der Waals surface area contributed by atoms with Crippen molar-refractivity contribution < 1.29 is 13.9 Å². The van der Waals surface area contributed by atoms with Crippen LogP contribution in [-0.4, -0.2) is 27.3 Å². The first-order valence-corrected chi connectivity index (χ1v) is 11.2. The molecule has 0 aliphatic carbocycles. The molecule has 0 unspecified atom stereocenters. The van der Waals surface area contributed by atoms with Crippen molar-refractivity contribution in [2.75, 3.05) is 11.9 Å². The minimum absolute atomic E-state index is 0.190. The van der Waals surface area contributed by atoms with Gasteiger partial charge in [0.05, 0.1) is 11.7 Å². The first-order chi connectivity index (χ1) is 17.3. The Balaban J connectivity index is 1.40. The molecule has 178 valence electrons. The zero-order valence-electron chi connectivity index (χ0n) is 19.8. The molecule has 0 atom stereocenters. The molecule has 1 amide bonds. The highest BCUT2D eigenvalue weighted by Crippen LogP contribution is 2.26. The third kappa shape index (κ3) is 4.16. The van der Waals surface area contributed by atoms with Crippen LogP contribution in [0.2, 0.25) is 0 Å². The maximum absolute atomic E-state index is 12.8. The number of aromatic nitrogens is 3. The van der Waals surface area contributed by atoms with E-state index in [9.17, 15) is 14.9 Å². The average molecular weight is 479 g/mol. The van der Waals surface area contributed by atoms with Crippen LogP contribution in [0.1, 0.15) is 22.3 Å². The molecule has 3 aromatic heterocycles. The quantitative estimate of drug-likeness (QED) is 0.372. The normalized spacial score (nSPS) is 10.9. The Morgan fingerprint density at radius 1 is 1.08 bits per heavy atom. The Labute approximate surface area is 205 Å². The number of ether oxygens (including phenoxy) is 1. The van der Waals surface area contributed by atoms with Gasteiger partial charge in [-0.15, -0.1) is 0 Å². The number of carbonyl (C=O) groups is 1. The Bertz CT molecular complexity index is 1760. The third-order valence-corrected chi connectivity index (χ3v) is 5.89. The van der Waals surface area contributed by atoms with E-state index < -0.39 is 11.5 Å². The van der Waals surface area contributed by atoms with E-state index >= 15 is 0 Å². The van der Waals surface area contributed by atoms with Crippen molar-refractivity contribution in [3.05, 3.63) is 87.4 Å². The molecule has 0 saturated carbocycles. The second kappa shape index (κ2) is 9.00. The van der Waals surface area contributed by atoms with Crippen LogP contribution in [0.3, 0.4) is 0 Å². The lowest BCUT2D eigenvalue weighted by molar-refractivity contribution is -0.118. The molecule has 36 heavy (non-hydrogen) atoms. The summed E-state index contributed by atoms with van der Waals surface area (Å²) in [6, 6.07) is 16.3. The molecule has 0 bridgehead atoms. The lowest BCUT2D eigenvalue weighted by Gasteiger charge is -2.12. The van der Waals surface area contributed by atoms with Crippen molar-refractivity contribution in [3.63, 3.8) is 0 Å². The van der Waals surface area contributed by atoms with Crippen LogP contribution < -0.4 is 15.7 Å². The standard InChI is InChI=1S/C27H21N5O4/c1-15-5-4-6-21-16(2)9-23(30-26(15)21)32-27(18(12-28)13-29-32)31-24(33)14-35-19-7-8-20-17(3)10-25(34)36-22(20)11-19/h4-11,13H,14H2,1-3H3,(H,31,33). The van der Waals surface area contributed by atoms with Gasteiger partial charge in [0.1, 0.15) is 23.0 Å². The number of fused-ring (bicyclic) bond motifs is 2. The second-order valence-corrected chi connectivity index (χ2v) is 8.44. The zero-order valence-corrected chi connectivity index (χ0v) is 19.8. The maximum Gasteiger partial charge on any atom is 0.336 e. The first-order valence-electron chi connectivity index (χ1n) is 11.2. The number of rotatable bonds is 5. The lowest BCUT2D eigenvalue weighted by Crippen LogP contribution is -2.22. The highest BCUT2D eigenvalue weighted by molar-refractivity contribution is 5.93. The third-order valence-electron chi connectivity index (χ3n) is 5.89. The van der Waals surface area contributed by atoms with Crippen LogP contribution in [-0.2, 0) is 4.79 Å². The van der Waals surface area contributed by atoms with E-state index in [0.717, 1.165) is 33.0 Å². The zero-order chi connectivity index (χ0) is 25.4. The van der Waals surface area contributed by atoms with Gasteiger partial charge in [0.25, 0.3) is 5.91 Å². The van der Waals surface area contributed by atoms with Crippen LogP contribution in [0.4, 0.5) is 5.82 Å². The summed E-state index contributed by atoms with van der Waals surface area (Å²) in [6.07, 6.45) is 1.38. The summed E-state index contributed by atoms with van der Waals surface area (Å²) in [7, 11) is 0. The number of nitriles is 1. The van der Waals surface area contributed by atoms with Crippen LogP contribution >= 0.6 is 0 Å². The number of carbonyl (C=O) groups excluding carboxylic acids is 1. The minimum atomic E-state index is -0.493. The molecular formula is C27H21N5O4. The fourth-order valence-electron chi connectivity index (χ4n) is 4.09. The number of hydrogen-bond donors (Lipinski definition) is 1. The molecule has 9 nitrogen and oxygen atoms in total. The molecule has 1 N–H and O–H groups in total. The molecule has 3 heterocycles. The number of amides is 1. The lowest BCUT2D eigenvalue weighted by atomic mass is 10.1.